The molecule has 0 aliphatic carbocycles. The number of fused-ring (bicyclic) bond motifs is 1. The van der Waals surface area contributed by atoms with Crippen molar-refractivity contribution >= 4 is 16.7 Å². The van der Waals surface area contributed by atoms with E-state index in [2.05, 4.69) is 48.5 Å². The first kappa shape index (κ1) is 22.4. The molecule has 1 fully saturated rings. The lowest BCUT2D eigenvalue weighted by Gasteiger charge is -2.06. The molecular weight excluding hydrogens is 420 g/mol. The van der Waals surface area contributed by atoms with Crippen LogP contribution in [-0.4, -0.2) is 12.1 Å². The van der Waals surface area contributed by atoms with Crippen molar-refractivity contribution < 1.29 is 14.3 Å². The van der Waals surface area contributed by atoms with E-state index in [9.17, 15) is 4.79 Å². The van der Waals surface area contributed by atoms with E-state index in [0.29, 0.717) is 5.75 Å². The molecule has 0 spiro atoms. The summed E-state index contributed by atoms with van der Waals surface area (Å²) in [5.41, 5.74) is 3.79. The summed E-state index contributed by atoms with van der Waals surface area (Å²) in [4.78, 5) is 12.6. The van der Waals surface area contributed by atoms with Crippen LogP contribution in [0.15, 0.2) is 97.1 Å². The van der Waals surface area contributed by atoms with Gasteiger partial charge in [0.15, 0.2) is 6.10 Å². The van der Waals surface area contributed by atoms with Gasteiger partial charge in [-0.3, -0.25) is 0 Å². The quantitative estimate of drug-likeness (QED) is 0.111. The van der Waals surface area contributed by atoms with E-state index < -0.39 is 6.10 Å². The summed E-state index contributed by atoms with van der Waals surface area (Å²) in [5, 5.41) is 2.17. The first-order valence-electron chi connectivity index (χ1n) is 12.2. The monoisotopic (exact) mass is 450 g/mol. The molecule has 0 saturated carbocycles. The van der Waals surface area contributed by atoms with Crippen molar-refractivity contribution in [1.82, 2.24) is 0 Å². The normalized spacial score (nSPS) is 16.9. The molecule has 1 saturated heterocycles. The van der Waals surface area contributed by atoms with Crippen molar-refractivity contribution in [2.24, 2.45) is 0 Å². The van der Waals surface area contributed by atoms with Gasteiger partial charge < -0.3 is 9.47 Å². The van der Waals surface area contributed by atoms with E-state index in [1.165, 1.54) is 36.8 Å². The van der Waals surface area contributed by atoms with Crippen LogP contribution in [0.4, 0.5) is 0 Å². The van der Waals surface area contributed by atoms with E-state index >= 15 is 0 Å². The predicted octanol–water partition coefficient (Wildman–Crippen LogP) is 7.23. The summed E-state index contributed by atoms with van der Waals surface area (Å²) in [5.74, 6) is 0.225. The molecular formula is C31H30O3. The Bertz CT molecular complexity index is 1250. The van der Waals surface area contributed by atoms with Gasteiger partial charge in [-0.15, -0.1) is 0 Å². The molecule has 4 aromatic rings. The van der Waals surface area contributed by atoms with Crippen LogP contribution < -0.4 is 4.74 Å². The summed E-state index contributed by atoms with van der Waals surface area (Å²) >= 11 is 0. The van der Waals surface area contributed by atoms with Crippen molar-refractivity contribution in [3.63, 3.8) is 0 Å². The Labute approximate surface area is 201 Å². The highest BCUT2D eigenvalue weighted by atomic mass is 16.6. The molecule has 0 N–H and O–H groups in total. The summed E-state index contributed by atoms with van der Waals surface area (Å²) in [6.45, 7) is 0. The van der Waals surface area contributed by atoms with Gasteiger partial charge >= 0.3 is 5.97 Å². The Hall–Kier alpha value is -3.43. The van der Waals surface area contributed by atoms with Crippen molar-refractivity contribution in [2.75, 3.05) is 0 Å². The lowest BCUT2D eigenvalue weighted by atomic mass is 10.0. The molecule has 1 heterocycles. The Balaban J connectivity index is 1.07. The highest BCUT2D eigenvalue weighted by Gasteiger charge is 2.47. The molecule has 0 aromatic heterocycles. The van der Waals surface area contributed by atoms with Crippen LogP contribution in [-0.2, 0) is 22.4 Å². The van der Waals surface area contributed by atoms with Gasteiger partial charge in [-0.2, -0.15) is 0 Å². The number of epoxide rings is 1. The van der Waals surface area contributed by atoms with Crippen molar-refractivity contribution in [3.05, 3.63) is 114 Å². The zero-order valence-electron chi connectivity index (χ0n) is 19.4. The number of esters is 1. The van der Waals surface area contributed by atoms with E-state index in [-0.39, 0.29) is 12.1 Å². The van der Waals surface area contributed by atoms with Crippen molar-refractivity contribution in [2.45, 2.75) is 50.7 Å². The summed E-state index contributed by atoms with van der Waals surface area (Å²) < 4.78 is 11.3. The van der Waals surface area contributed by atoms with Crippen molar-refractivity contribution in [1.29, 1.82) is 0 Å². The van der Waals surface area contributed by atoms with E-state index in [1.54, 1.807) is 0 Å². The molecule has 1 aliphatic rings. The number of rotatable bonds is 10. The Morgan fingerprint density at radius 1 is 0.676 bits per heavy atom. The fourth-order valence-corrected chi connectivity index (χ4v) is 4.53. The molecule has 34 heavy (non-hydrogen) atoms. The Kier molecular flexibility index (Phi) is 7.02. The SMILES string of the molecule is O=C(Oc1ccc2ccccc2c1)C1OC1c1cccc(CCCCCCc2ccccc2)c1. The van der Waals surface area contributed by atoms with Crippen LogP contribution in [0.3, 0.4) is 0 Å². The second kappa shape index (κ2) is 10.7. The van der Waals surface area contributed by atoms with Crippen LogP contribution in [0, 0.1) is 0 Å². The molecule has 2 unspecified atom stereocenters. The number of hydrogen-bond donors (Lipinski definition) is 0. The molecule has 3 nitrogen and oxygen atoms in total. The maximum absolute atomic E-state index is 12.6. The first-order chi connectivity index (χ1) is 16.8. The molecule has 3 heteroatoms. The van der Waals surface area contributed by atoms with Gasteiger partial charge in [-0.25, -0.2) is 4.79 Å². The topological polar surface area (TPSA) is 38.8 Å². The highest BCUT2D eigenvalue weighted by molar-refractivity contribution is 5.86. The Morgan fingerprint density at radius 3 is 2.21 bits per heavy atom. The number of unbranched alkanes of at least 4 members (excludes halogenated alkanes) is 3. The van der Waals surface area contributed by atoms with Gasteiger partial charge in [0.1, 0.15) is 11.9 Å². The minimum absolute atomic E-state index is 0.209. The molecule has 0 bridgehead atoms. The lowest BCUT2D eigenvalue weighted by molar-refractivity contribution is -0.135. The molecule has 1 aliphatic heterocycles. The third kappa shape index (κ3) is 5.73. The maximum Gasteiger partial charge on any atom is 0.343 e. The maximum atomic E-state index is 12.6. The average Bonchev–Trinajstić information content (AvgIpc) is 3.68. The van der Waals surface area contributed by atoms with Gasteiger partial charge in [-0.05, 0) is 65.3 Å². The third-order valence-electron chi connectivity index (χ3n) is 6.47. The van der Waals surface area contributed by atoms with E-state index in [4.69, 9.17) is 9.47 Å². The van der Waals surface area contributed by atoms with Gasteiger partial charge in [0, 0.05) is 0 Å². The average molecular weight is 451 g/mol. The molecule has 0 radical (unpaired) electrons. The molecule has 0 amide bonds. The standard InChI is InChI=1S/C31H30O3/c32-31(33-28-20-19-25-16-8-9-17-26(25)22-28)30-29(34-30)27-18-10-15-24(21-27)14-5-2-1-4-11-23-12-6-3-7-13-23/h3,6-10,12-13,15-22,29-30H,1-2,4-5,11,14H2. The van der Waals surface area contributed by atoms with Gasteiger partial charge in [0.2, 0.25) is 0 Å². The first-order valence-corrected chi connectivity index (χ1v) is 12.2. The zero-order chi connectivity index (χ0) is 23.2. The van der Waals surface area contributed by atoms with Crippen LogP contribution in [0.25, 0.3) is 10.8 Å². The highest BCUT2D eigenvalue weighted by Crippen LogP contribution is 2.40. The summed E-state index contributed by atoms with van der Waals surface area (Å²) in [6, 6.07) is 32.9. The number of carbonyl (C=O) groups excluding carboxylic acids is 1. The largest absolute Gasteiger partial charge is 0.425 e. The lowest BCUT2D eigenvalue weighted by Crippen LogP contribution is -2.15. The fraction of sp³-hybridized carbons (Fsp3) is 0.258. The van der Waals surface area contributed by atoms with Crippen LogP contribution in [0.2, 0.25) is 0 Å². The minimum atomic E-state index is -0.528. The zero-order valence-corrected chi connectivity index (χ0v) is 19.4. The minimum Gasteiger partial charge on any atom is -0.425 e. The summed E-state index contributed by atoms with van der Waals surface area (Å²) in [7, 11) is 0. The second-order valence-corrected chi connectivity index (χ2v) is 9.05. The van der Waals surface area contributed by atoms with Gasteiger partial charge in [-0.1, -0.05) is 97.8 Å². The van der Waals surface area contributed by atoms with Crippen molar-refractivity contribution in [3.8, 4) is 5.75 Å². The molecule has 2 atom stereocenters. The fourth-order valence-electron chi connectivity index (χ4n) is 4.53. The van der Waals surface area contributed by atoms with E-state index in [1.807, 2.05) is 48.5 Å². The molecule has 4 aromatic carbocycles. The molecule has 172 valence electrons. The van der Waals surface area contributed by atoms with Crippen LogP contribution in [0.5, 0.6) is 5.75 Å². The van der Waals surface area contributed by atoms with Gasteiger partial charge in [0.25, 0.3) is 0 Å². The number of benzene rings is 4. The van der Waals surface area contributed by atoms with Crippen LogP contribution >= 0.6 is 0 Å². The smallest absolute Gasteiger partial charge is 0.343 e. The number of hydrogen-bond acceptors (Lipinski definition) is 3. The van der Waals surface area contributed by atoms with E-state index in [0.717, 1.165) is 29.2 Å². The Morgan fingerprint density at radius 2 is 1.38 bits per heavy atom. The number of ether oxygens (including phenoxy) is 2. The summed E-state index contributed by atoms with van der Waals surface area (Å²) in [6.07, 6.45) is 6.38. The third-order valence-corrected chi connectivity index (χ3v) is 6.47. The molecule has 5 rings (SSSR count). The number of aryl methyl sites for hydroxylation is 2. The van der Waals surface area contributed by atoms with Crippen LogP contribution in [0.1, 0.15) is 48.5 Å². The van der Waals surface area contributed by atoms with Gasteiger partial charge in [0.05, 0.1) is 0 Å². The number of carbonyl (C=O) groups is 1. The second-order valence-electron chi connectivity index (χ2n) is 9.05. The predicted molar refractivity (Wildman–Crippen MR) is 136 cm³/mol.